The highest BCUT2D eigenvalue weighted by Crippen LogP contribution is 2.35. The maximum absolute atomic E-state index is 5.77. The molecule has 1 unspecified atom stereocenters. The molecule has 5 heteroatoms. The molecule has 1 aliphatic heterocycles. The van der Waals surface area contributed by atoms with Crippen LogP contribution in [0.2, 0.25) is 0 Å². The molecular weight excluding hydrogens is 316 g/mol. The van der Waals surface area contributed by atoms with Gasteiger partial charge in [-0.3, -0.25) is 0 Å². The number of unbranched alkanes of at least 4 members (excludes halogenated alkanes) is 3. The van der Waals surface area contributed by atoms with Crippen molar-refractivity contribution in [2.24, 2.45) is 0 Å². The average molecular weight is 335 g/mol. The first-order valence-electron chi connectivity index (χ1n) is 6.39. The SMILES string of the molecule is BrCCCCCCOCC1COc2cscc2O1. The van der Waals surface area contributed by atoms with Crippen LogP contribution in [0.25, 0.3) is 0 Å². The first-order chi connectivity index (χ1) is 8.90. The van der Waals surface area contributed by atoms with Crippen LogP contribution in [0.1, 0.15) is 25.7 Å². The van der Waals surface area contributed by atoms with Crippen molar-refractivity contribution in [2.75, 3.05) is 25.2 Å². The lowest BCUT2D eigenvalue weighted by Gasteiger charge is -2.24. The van der Waals surface area contributed by atoms with E-state index < -0.39 is 0 Å². The van der Waals surface area contributed by atoms with Crippen LogP contribution in [-0.4, -0.2) is 31.3 Å². The van der Waals surface area contributed by atoms with E-state index in [1.807, 2.05) is 10.8 Å². The van der Waals surface area contributed by atoms with Gasteiger partial charge in [-0.15, -0.1) is 11.3 Å². The second-order valence-corrected chi connectivity index (χ2v) is 5.87. The molecule has 0 N–H and O–H groups in total. The Bertz CT molecular complexity index is 343. The number of ether oxygens (including phenoxy) is 3. The molecule has 1 aliphatic rings. The number of fused-ring (bicyclic) bond motifs is 1. The van der Waals surface area contributed by atoms with E-state index in [-0.39, 0.29) is 6.10 Å². The summed E-state index contributed by atoms with van der Waals surface area (Å²) in [5.74, 6) is 1.73. The molecule has 2 heterocycles. The zero-order valence-electron chi connectivity index (χ0n) is 10.4. The predicted octanol–water partition coefficient (Wildman–Crippen LogP) is 3.86. The molecule has 0 radical (unpaired) electrons. The highest BCUT2D eigenvalue weighted by atomic mass is 79.9. The second kappa shape index (κ2) is 8.02. The van der Waals surface area contributed by atoms with Crippen LogP contribution in [0.4, 0.5) is 0 Å². The molecule has 0 saturated carbocycles. The summed E-state index contributed by atoms with van der Waals surface area (Å²) < 4.78 is 17.0. The zero-order chi connectivity index (χ0) is 12.6. The molecule has 18 heavy (non-hydrogen) atoms. The van der Waals surface area contributed by atoms with Gasteiger partial charge in [0.2, 0.25) is 0 Å². The lowest BCUT2D eigenvalue weighted by Crippen LogP contribution is -2.33. The minimum atomic E-state index is 0.0367. The summed E-state index contributed by atoms with van der Waals surface area (Å²) in [6, 6.07) is 0. The van der Waals surface area contributed by atoms with Crippen LogP contribution >= 0.6 is 27.3 Å². The first kappa shape index (κ1) is 14.2. The van der Waals surface area contributed by atoms with Gasteiger partial charge in [0.15, 0.2) is 17.6 Å². The van der Waals surface area contributed by atoms with E-state index in [0.29, 0.717) is 13.2 Å². The third-order valence-electron chi connectivity index (χ3n) is 2.79. The summed E-state index contributed by atoms with van der Waals surface area (Å²) in [5, 5.41) is 5.04. The van der Waals surface area contributed by atoms with Gasteiger partial charge in [0.25, 0.3) is 0 Å². The standard InChI is InChI=1S/C13H19BrO3S/c14-5-3-1-2-4-6-15-7-11-8-16-12-9-18-10-13(12)17-11/h9-11H,1-8H2. The fourth-order valence-corrected chi connectivity index (χ4v) is 2.88. The van der Waals surface area contributed by atoms with E-state index in [1.165, 1.54) is 19.3 Å². The van der Waals surface area contributed by atoms with Crippen LogP contribution in [0.5, 0.6) is 11.5 Å². The molecule has 102 valence electrons. The topological polar surface area (TPSA) is 27.7 Å². The van der Waals surface area contributed by atoms with Gasteiger partial charge in [-0.1, -0.05) is 28.8 Å². The Kier molecular flexibility index (Phi) is 6.31. The molecule has 0 aliphatic carbocycles. The summed E-state index contributed by atoms with van der Waals surface area (Å²) in [4.78, 5) is 0. The minimum absolute atomic E-state index is 0.0367. The number of hydrogen-bond acceptors (Lipinski definition) is 4. The Morgan fingerprint density at radius 1 is 1.22 bits per heavy atom. The van der Waals surface area contributed by atoms with E-state index in [1.54, 1.807) is 11.3 Å². The molecule has 0 bridgehead atoms. The summed E-state index contributed by atoms with van der Waals surface area (Å²) in [7, 11) is 0. The second-order valence-electron chi connectivity index (χ2n) is 4.33. The summed E-state index contributed by atoms with van der Waals surface area (Å²) >= 11 is 5.04. The molecule has 1 aromatic heterocycles. The van der Waals surface area contributed by atoms with Gasteiger partial charge in [-0.25, -0.2) is 0 Å². The van der Waals surface area contributed by atoms with E-state index in [0.717, 1.165) is 29.9 Å². The normalized spacial score (nSPS) is 17.9. The Balaban J connectivity index is 1.53. The summed E-state index contributed by atoms with van der Waals surface area (Å²) in [6.07, 6.45) is 4.93. The third-order valence-corrected chi connectivity index (χ3v) is 4.05. The Labute approximate surface area is 121 Å². The quantitative estimate of drug-likeness (QED) is 0.533. The molecule has 0 spiro atoms. The van der Waals surface area contributed by atoms with Gasteiger partial charge in [-0.2, -0.15) is 0 Å². The monoisotopic (exact) mass is 334 g/mol. The van der Waals surface area contributed by atoms with Crippen LogP contribution in [-0.2, 0) is 4.74 Å². The van der Waals surface area contributed by atoms with Crippen LogP contribution in [0.15, 0.2) is 10.8 Å². The number of rotatable bonds is 8. The molecule has 0 amide bonds. The summed E-state index contributed by atoms with van der Waals surface area (Å²) in [6.45, 7) is 2.03. The van der Waals surface area contributed by atoms with Crippen molar-refractivity contribution in [3.05, 3.63) is 10.8 Å². The van der Waals surface area contributed by atoms with E-state index in [9.17, 15) is 0 Å². The molecule has 0 saturated heterocycles. The maximum atomic E-state index is 5.77. The molecule has 0 aromatic carbocycles. The van der Waals surface area contributed by atoms with Crippen LogP contribution in [0.3, 0.4) is 0 Å². The third kappa shape index (κ3) is 4.44. The molecule has 0 fully saturated rings. The van der Waals surface area contributed by atoms with E-state index >= 15 is 0 Å². The lowest BCUT2D eigenvalue weighted by molar-refractivity contribution is 0.00845. The molecule has 3 nitrogen and oxygen atoms in total. The first-order valence-corrected chi connectivity index (χ1v) is 8.46. The Morgan fingerprint density at radius 2 is 2.06 bits per heavy atom. The van der Waals surface area contributed by atoms with Gasteiger partial charge in [0.05, 0.1) is 6.61 Å². The highest BCUT2D eigenvalue weighted by molar-refractivity contribution is 9.09. The van der Waals surface area contributed by atoms with Gasteiger partial charge in [0.1, 0.15) is 6.61 Å². The van der Waals surface area contributed by atoms with Crippen LogP contribution < -0.4 is 9.47 Å². The van der Waals surface area contributed by atoms with Gasteiger partial charge >= 0.3 is 0 Å². The predicted molar refractivity (Wildman–Crippen MR) is 77.3 cm³/mol. The van der Waals surface area contributed by atoms with E-state index in [4.69, 9.17) is 14.2 Å². The van der Waals surface area contributed by atoms with Crippen molar-refractivity contribution < 1.29 is 14.2 Å². The van der Waals surface area contributed by atoms with E-state index in [2.05, 4.69) is 15.9 Å². The fraction of sp³-hybridized carbons (Fsp3) is 0.692. The van der Waals surface area contributed by atoms with Crippen molar-refractivity contribution in [3.8, 4) is 11.5 Å². The number of hydrogen-bond donors (Lipinski definition) is 0. The lowest BCUT2D eigenvalue weighted by atomic mass is 10.2. The Hall–Kier alpha value is -0.260. The highest BCUT2D eigenvalue weighted by Gasteiger charge is 2.21. The fourth-order valence-electron chi connectivity index (χ4n) is 1.81. The minimum Gasteiger partial charge on any atom is -0.485 e. The zero-order valence-corrected chi connectivity index (χ0v) is 12.8. The van der Waals surface area contributed by atoms with Crippen LogP contribution in [0, 0.1) is 0 Å². The number of thiophene rings is 1. The molecular formula is C13H19BrO3S. The molecule has 2 rings (SSSR count). The number of alkyl halides is 1. The average Bonchev–Trinajstić information content (AvgIpc) is 2.85. The maximum Gasteiger partial charge on any atom is 0.172 e. The van der Waals surface area contributed by atoms with Crippen molar-refractivity contribution >= 4 is 27.3 Å². The van der Waals surface area contributed by atoms with Crippen molar-refractivity contribution in [1.82, 2.24) is 0 Å². The van der Waals surface area contributed by atoms with Gasteiger partial charge in [0, 0.05) is 22.7 Å². The van der Waals surface area contributed by atoms with Crippen molar-refractivity contribution in [3.63, 3.8) is 0 Å². The largest absolute Gasteiger partial charge is 0.485 e. The number of halogens is 1. The molecule has 1 aromatic rings. The summed E-state index contributed by atoms with van der Waals surface area (Å²) in [5.41, 5.74) is 0. The van der Waals surface area contributed by atoms with Gasteiger partial charge in [-0.05, 0) is 12.8 Å². The smallest absolute Gasteiger partial charge is 0.172 e. The van der Waals surface area contributed by atoms with Crippen molar-refractivity contribution in [1.29, 1.82) is 0 Å². The van der Waals surface area contributed by atoms with Gasteiger partial charge < -0.3 is 14.2 Å². The van der Waals surface area contributed by atoms with Crippen molar-refractivity contribution in [2.45, 2.75) is 31.8 Å². The Morgan fingerprint density at radius 3 is 2.94 bits per heavy atom. The molecule has 1 atom stereocenters.